The molecule has 0 saturated heterocycles. The molecule has 0 aliphatic rings. The highest BCUT2D eigenvalue weighted by Gasteiger charge is 2.11. The van der Waals surface area contributed by atoms with Crippen LogP contribution in [0.5, 0.6) is 5.75 Å². The molecule has 0 radical (unpaired) electrons. The minimum atomic E-state index is 0.609. The highest BCUT2D eigenvalue weighted by Crippen LogP contribution is 2.23. The van der Waals surface area contributed by atoms with E-state index in [0.29, 0.717) is 13.1 Å². The van der Waals surface area contributed by atoms with Gasteiger partial charge in [0.25, 0.3) is 0 Å². The molecule has 0 bridgehead atoms. The lowest BCUT2D eigenvalue weighted by molar-refractivity contribution is 0.267. The molecule has 0 unspecified atom stereocenters. The number of nitrogens with zero attached hydrogens (tertiary/aromatic N) is 6. The summed E-state index contributed by atoms with van der Waals surface area (Å²) < 4.78 is 12.8. The van der Waals surface area contributed by atoms with E-state index < -0.39 is 0 Å². The Morgan fingerprint density at radius 3 is 2.69 bits per heavy atom. The van der Waals surface area contributed by atoms with Crippen molar-refractivity contribution in [1.29, 1.82) is 0 Å². The van der Waals surface area contributed by atoms with Gasteiger partial charge in [0.05, 0.1) is 20.2 Å². The highest BCUT2D eigenvalue weighted by atomic mass is 16.5. The van der Waals surface area contributed by atoms with E-state index in [4.69, 9.17) is 9.26 Å². The summed E-state index contributed by atoms with van der Waals surface area (Å²) in [5.74, 6) is 1.65. The number of ether oxygens (including phenoxy) is 1. The number of pyridine rings is 1. The molecule has 1 aromatic carbocycles. The second-order valence-corrected chi connectivity index (χ2v) is 6.83. The summed E-state index contributed by atoms with van der Waals surface area (Å²) in [6, 6.07) is 12.0. The lowest BCUT2D eigenvalue weighted by atomic mass is 10.1. The number of aromatic nitrogens is 5. The zero-order valence-corrected chi connectivity index (χ0v) is 16.4. The Kier molecular flexibility index (Phi) is 5.62. The maximum atomic E-state index is 5.51. The fourth-order valence-corrected chi connectivity index (χ4v) is 3.22. The van der Waals surface area contributed by atoms with Gasteiger partial charge < -0.3 is 9.26 Å². The van der Waals surface area contributed by atoms with E-state index in [2.05, 4.69) is 44.3 Å². The molecule has 0 amide bonds. The summed E-state index contributed by atoms with van der Waals surface area (Å²) >= 11 is 0. The lowest BCUT2D eigenvalue weighted by Crippen LogP contribution is -2.17. The van der Waals surface area contributed by atoms with Crippen molar-refractivity contribution in [3.63, 3.8) is 0 Å². The van der Waals surface area contributed by atoms with Gasteiger partial charge in [0.2, 0.25) is 0 Å². The third-order valence-corrected chi connectivity index (χ3v) is 4.56. The quantitative estimate of drug-likeness (QED) is 0.457. The summed E-state index contributed by atoms with van der Waals surface area (Å²) in [4.78, 5) is 10.2. The summed E-state index contributed by atoms with van der Waals surface area (Å²) in [5.41, 5.74) is 4.04. The van der Waals surface area contributed by atoms with Gasteiger partial charge >= 0.3 is 0 Å². The molecule has 0 saturated carbocycles. The van der Waals surface area contributed by atoms with Gasteiger partial charge in [-0.05, 0) is 36.9 Å². The minimum Gasteiger partial charge on any atom is -0.496 e. The molecule has 0 N–H and O–H groups in total. The van der Waals surface area contributed by atoms with Crippen molar-refractivity contribution in [3.8, 4) is 17.0 Å². The van der Waals surface area contributed by atoms with E-state index in [1.54, 1.807) is 30.5 Å². The molecule has 3 heterocycles. The molecule has 4 aromatic rings. The molecule has 4 rings (SSSR count). The average molecular weight is 390 g/mol. The molecule has 8 heteroatoms. The van der Waals surface area contributed by atoms with Crippen LogP contribution in [0, 0.1) is 0 Å². The zero-order chi connectivity index (χ0) is 20.1. The van der Waals surface area contributed by atoms with Crippen molar-refractivity contribution >= 4 is 0 Å². The third kappa shape index (κ3) is 4.67. The predicted molar refractivity (Wildman–Crippen MR) is 107 cm³/mol. The van der Waals surface area contributed by atoms with Gasteiger partial charge in [0, 0.05) is 36.1 Å². The Morgan fingerprint density at radius 2 is 1.93 bits per heavy atom. The van der Waals surface area contributed by atoms with Crippen LogP contribution in [0.2, 0.25) is 0 Å². The van der Waals surface area contributed by atoms with Crippen LogP contribution in [-0.4, -0.2) is 44.0 Å². The number of methoxy groups -OCH3 is 1. The number of benzene rings is 1. The first-order valence-corrected chi connectivity index (χ1v) is 9.24. The van der Waals surface area contributed by atoms with Crippen molar-refractivity contribution in [3.05, 3.63) is 78.3 Å². The number of hydrogen-bond acceptors (Lipinski definition) is 7. The van der Waals surface area contributed by atoms with Crippen LogP contribution in [0.15, 0.2) is 66.0 Å². The summed E-state index contributed by atoms with van der Waals surface area (Å²) in [6.07, 6.45) is 6.72. The maximum absolute atomic E-state index is 5.51. The SMILES string of the molecule is COc1ccc(CN(C)Cc2cc(-c3ccncc3)no2)cc1Cn1cncn1. The Bertz CT molecular complexity index is 1050. The molecule has 0 spiro atoms. The Morgan fingerprint density at radius 1 is 1.07 bits per heavy atom. The summed E-state index contributed by atoms with van der Waals surface area (Å²) in [6.45, 7) is 2.03. The smallest absolute Gasteiger partial charge is 0.151 e. The topological polar surface area (TPSA) is 82.1 Å². The van der Waals surface area contributed by atoms with E-state index >= 15 is 0 Å². The second-order valence-electron chi connectivity index (χ2n) is 6.83. The van der Waals surface area contributed by atoms with Gasteiger partial charge in [0.15, 0.2) is 5.76 Å². The van der Waals surface area contributed by atoms with Crippen molar-refractivity contribution in [2.75, 3.05) is 14.2 Å². The van der Waals surface area contributed by atoms with Crippen LogP contribution in [-0.2, 0) is 19.6 Å². The summed E-state index contributed by atoms with van der Waals surface area (Å²) in [5, 5.41) is 8.34. The molecule has 0 fully saturated rings. The van der Waals surface area contributed by atoms with E-state index in [0.717, 1.165) is 34.9 Å². The van der Waals surface area contributed by atoms with Crippen molar-refractivity contribution in [1.82, 2.24) is 29.8 Å². The van der Waals surface area contributed by atoms with Crippen LogP contribution >= 0.6 is 0 Å². The lowest BCUT2D eigenvalue weighted by Gasteiger charge is -2.16. The van der Waals surface area contributed by atoms with Gasteiger partial charge in [-0.25, -0.2) is 9.67 Å². The Balaban J connectivity index is 1.43. The molecule has 0 aliphatic carbocycles. The van der Waals surface area contributed by atoms with Crippen molar-refractivity contribution < 1.29 is 9.26 Å². The van der Waals surface area contributed by atoms with Crippen LogP contribution in [0.3, 0.4) is 0 Å². The molecule has 0 aliphatic heterocycles. The Labute approximate surface area is 168 Å². The van der Waals surface area contributed by atoms with E-state index in [1.807, 2.05) is 24.3 Å². The normalized spacial score (nSPS) is 11.1. The van der Waals surface area contributed by atoms with Crippen LogP contribution in [0.4, 0.5) is 0 Å². The largest absolute Gasteiger partial charge is 0.496 e. The number of hydrogen-bond donors (Lipinski definition) is 0. The van der Waals surface area contributed by atoms with Gasteiger partial charge in [-0.3, -0.25) is 9.88 Å². The maximum Gasteiger partial charge on any atom is 0.151 e. The molecule has 29 heavy (non-hydrogen) atoms. The van der Waals surface area contributed by atoms with Crippen molar-refractivity contribution in [2.45, 2.75) is 19.6 Å². The van der Waals surface area contributed by atoms with Gasteiger partial charge in [-0.15, -0.1) is 0 Å². The van der Waals surface area contributed by atoms with Crippen molar-refractivity contribution in [2.24, 2.45) is 0 Å². The van der Waals surface area contributed by atoms with Crippen LogP contribution in [0.25, 0.3) is 11.3 Å². The molecular formula is C21H22N6O2. The van der Waals surface area contributed by atoms with Crippen LogP contribution < -0.4 is 4.74 Å². The minimum absolute atomic E-state index is 0.609. The van der Waals surface area contributed by atoms with E-state index in [1.165, 1.54) is 11.9 Å². The molecule has 148 valence electrons. The molecular weight excluding hydrogens is 368 g/mol. The zero-order valence-electron chi connectivity index (χ0n) is 16.4. The molecule has 8 nitrogen and oxygen atoms in total. The van der Waals surface area contributed by atoms with Gasteiger partial charge in [-0.1, -0.05) is 11.2 Å². The monoisotopic (exact) mass is 390 g/mol. The molecule has 0 atom stereocenters. The number of rotatable bonds is 8. The highest BCUT2D eigenvalue weighted by molar-refractivity contribution is 5.57. The van der Waals surface area contributed by atoms with Gasteiger partial charge in [-0.2, -0.15) is 5.10 Å². The fourth-order valence-electron chi connectivity index (χ4n) is 3.22. The van der Waals surface area contributed by atoms with Gasteiger partial charge in [0.1, 0.15) is 24.1 Å². The van der Waals surface area contributed by atoms with E-state index in [9.17, 15) is 0 Å². The fraction of sp³-hybridized carbons (Fsp3) is 0.238. The van der Waals surface area contributed by atoms with E-state index in [-0.39, 0.29) is 0 Å². The summed E-state index contributed by atoms with van der Waals surface area (Å²) in [7, 11) is 3.73. The first kappa shape index (κ1) is 18.8. The Hall–Kier alpha value is -3.52. The predicted octanol–water partition coefficient (Wildman–Crippen LogP) is 3.02. The average Bonchev–Trinajstić information content (AvgIpc) is 3.41. The standard InChI is InChI=1S/C21H22N6O2/c1-26(13-19-10-20(25-29-19)17-5-7-22-8-6-17)11-16-3-4-21(28-2)18(9-16)12-27-15-23-14-24-27/h3-10,14-15H,11-13H2,1-2H3. The molecule has 3 aromatic heterocycles. The van der Waals surface area contributed by atoms with Crippen LogP contribution in [0.1, 0.15) is 16.9 Å². The first-order chi connectivity index (χ1) is 14.2. The first-order valence-electron chi connectivity index (χ1n) is 9.24. The third-order valence-electron chi connectivity index (χ3n) is 4.56. The second kappa shape index (κ2) is 8.66.